The summed E-state index contributed by atoms with van der Waals surface area (Å²) in [5.74, 6) is -0.563. The lowest BCUT2D eigenvalue weighted by Crippen LogP contribution is -2.42. The summed E-state index contributed by atoms with van der Waals surface area (Å²) in [5, 5.41) is 6.28. The van der Waals surface area contributed by atoms with E-state index >= 15 is 0 Å². The molecule has 1 radical (unpaired) electrons. The topological polar surface area (TPSA) is 30.9 Å². The fourth-order valence-corrected chi connectivity index (χ4v) is 0.483. The molecule has 1 aliphatic rings. The summed E-state index contributed by atoms with van der Waals surface area (Å²) in [4.78, 5) is 0. The number of hydrazone groups is 1. The van der Waals surface area contributed by atoms with Gasteiger partial charge in [0.15, 0.2) is 0 Å². The highest BCUT2D eigenvalue weighted by Gasteiger charge is 2.06. The highest BCUT2D eigenvalue weighted by Crippen LogP contribution is 1.95. The monoisotopic (exact) mass is 143 g/mol. The Morgan fingerprint density at radius 1 is 1.80 bits per heavy atom. The highest BCUT2D eigenvalue weighted by molar-refractivity contribution is 5.85. The third kappa shape index (κ3) is 1.44. The smallest absolute Gasteiger partial charge is 0.236 e. The van der Waals surface area contributed by atoms with Gasteiger partial charge in [-0.3, -0.25) is 5.43 Å². The molecule has 0 saturated carbocycles. The van der Waals surface area contributed by atoms with Crippen molar-refractivity contribution in [3.05, 3.63) is 12.3 Å². The summed E-state index contributed by atoms with van der Waals surface area (Å²) >= 11 is 0. The Hall–Kier alpha value is -1.10. The molecular formula is C5H8FN4. The molecule has 0 aliphatic carbocycles. The molecule has 10 heavy (non-hydrogen) atoms. The van der Waals surface area contributed by atoms with Gasteiger partial charge in [0.1, 0.15) is 0 Å². The second-order valence-electron chi connectivity index (χ2n) is 1.96. The van der Waals surface area contributed by atoms with Gasteiger partial charge in [-0.1, -0.05) is 0 Å². The van der Waals surface area contributed by atoms with E-state index in [1.54, 1.807) is 19.1 Å². The minimum atomic E-state index is -0.563. The highest BCUT2D eigenvalue weighted by atomic mass is 19.1. The molecule has 0 bridgehead atoms. The number of rotatable bonds is 1. The van der Waals surface area contributed by atoms with Crippen molar-refractivity contribution in [1.82, 2.24) is 15.7 Å². The molecule has 5 heteroatoms. The van der Waals surface area contributed by atoms with E-state index in [0.29, 0.717) is 0 Å². The zero-order valence-corrected chi connectivity index (χ0v) is 5.80. The third-order valence-electron chi connectivity index (χ3n) is 0.925. The molecule has 0 aromatic heterocycles. The first-order valence-electron chi connectivity index (χ1n) is 2.76. The molecular weight excluding hydrogens is 135 g/mol. The van der Waals surface area contributed by atoms with Gasteiger partial charge in [-0.25, -0.2) is 0 Å². The van der Waals surface area contributed by atoms with Crippen LogP contribution in [0.4, 0.5) is 4.39 Å². The Labute approximate surface area is 58.5 Å². The quantitative estimate of drug-likeness (QED) is 0.555. The first-order valence-corrected chi connectivity index (χ1v) is 2.76. The molecule has 0 unspecified atom stereocenters. The molecule has 1 aliphatic heterocycles. The Morgan fingerprint density at radius 3 is 2.90 bits per heavy atom. The number of hydrazine groups is 2. The zero-order valence-electron chi connectivity index (χ0n) is 5.80. The van der Waals surface area contributed by atoms with E-state index in [0.717, 1.165) is 6.08 Å². The van der Waals surface area contributed by atoms with Crippen LogP contribution in [0.1, 0.15) is 0 Å². The maximum atomic E-state index is 12.3. The normalized spacial score (nSPS) is 17.2. The molecule has 4 nitrogen and oxygen atoms in total. The van der Waals surface area contributed by atoms with Crippen molar-refractivity contribution in [2.24, 2.45) is 5.10 Å². The SMILES string of the molecule is CN(C)N1N=C(F)C=[C]N1. The average Bonchev–Trinajstić information content (AvgIpc) is 1.88. The number of nitrogens with one attached hydrogen (secondary N) is 1. The Balaban J connectivity index is 2.60. The van der Waals surface area contributed by atoms with Gasteiger partial charge in [0, 0.05) is 20.2 Å². The van der Waals surface area contributed by atoms with E-state index in [4.69, 9.17) is 0 Å². The van der Waals surface area contributed by atoms with Gasteiger partial charge in [0.25, 0.3) is 0 Å². The van der Waals surface area contributed by atoms with E-state index in [1.165, 1.54) is 5.23 Å². The van der Waals surface area contributed by atoms with Gasteiger partial charge in [-0.05, 0) is 0 Å². The summed E-state index contributed by atoms with van der Waals surface area (Å²) in [6.45, 7) is 0. The molecule has 0 atom stereocenters. The first-order chi connectivity index (χ1) is 4.70. The summed E-state index contributed by atoms with van der Waals surface area (Å²) in [5.41, 5.74) is 2.58. The molecule has 55 valence electrons. The van der Waals surface area contributed by atoms with Crippen molar-refractivity contribution in [2.45, 2.75) is 0 Å². The van der Waals surface area contributed by atoms with Gasteiger partial charge in [0.05, 0.1) is 6.20 Å². The molecule has 1 heterocycles. The number of hydrogen-bond acceptors (Lipinski definition) is 4. The number of hydrogen-bond donors (Lipinski definition) is 1. The predicted octanol–water partition coefficient (Wildman–Crippen LogP) is -0.117. The molecule has 0 aromatic carbocycles. The molecule has 0 aromatic rings. The fourth-order valence-electron chi connectivity index (χ4n) is 0.483. The van der Waals surface area contributed by atoms with Crippen LogP contribution in [-0.4, -0.2) is 30.3 Å². The van der Waals surface area contributed by atoms with Gasteiger partial charge in [0.2, 0.25) is 5.97 Å². The fraction of sp³-hybridized carbons (Fsp3) is 0.400. The van der Waals surface area contributed by atoms with E-state index in [-0.39, 0.29) is 0 Å². The van der Waals surface area contributed by atoms with Gasteiger partial charge >= 0.3 is 0 Å². The average molecular weight is 143 g/mol. The molecule has 0 saturated heterocycles. The minimum absolute atomic E-state index is 0.563. The lowest BCUT2D eigenvalue weighted by atomic mass is 10.6. The standard InChI is InChI=1S/C5H8FN4/c1-9(2)10-7-4-3-5(6)8-10/h3,7H,1-2H3. The first kappa shape index (κ1) is 7.01. The predicted molar refractivity (Wildman–Crippen MR) is 35.0 cm³/mol. The van der Waals surface area contributed by atoms with Gasteiger partial charge < -0.3 is 0 Å². The maximum absolute atomic E-state index is 12.3. The Bertz CT molecular complexity index is 174. The van der Waals surface area contributed by atoms with Crippen LogP contribution in [0, 0.1) is 6.20 Å². The van der Waals surface area contributed by atoms with Crippen molar-refractivity contribution >= 4 is 5.97 Å². The summed E-state index contributed by atoms with van der Waals surface area (Å²) in [6.07, 6.45) is 3.59. The van der Waals surface area contributed by atoms with Crippen molar-refractivity contribution in [2.75, 3.05) is 14.1 Å². The van der Waals surface area contributed by atoms with Crippen molar-refractivity contribution in [3.63, 3.8) is 0 Å². The van der Waals surface area contributed by atoms with E-state index in [1.807, 2.05) is 0 Å². The van der Waals surface area contributed by atoms with Crippen LogP contribution < -0.4 is 5.43 Å². The largest absolute Gasteiger partial charge is 0.265 e. The number of allylic oxidation sites excluding steroid dienone is 1. The van der Waals surface area contributed by atoms with E-state index < -0.39 is 5.97 Å². The summed E-state index contributed by atoms with van der Waals surface area (Å²) in [6, 6.07) is 0. The second kappa shape index (κ2) is 2.66. The molecule has 0 amide bonds. The van der Waals surface area contributed by atoms with Crippen LogP contribution in [0.3, 0.4) is 0 Å². The van der Waals surface area contributed by atoms with Crippen LogP contribution in [0.2, 0.25) is 0 Å². The molecule has 1 rings (SSSR count). The van der Waals surface area contributed by atoms with Crippen LogP contribution >= 0.6 is 0 Å². The van der Waals surface area contributed by atoms with Crippen molar-refractivity contribution in [3.8, 4) is 0 Å². The van der Waals surface area contributed by atoms with Crippen LogP contribution in [-0.2, 0) is 0 Å². The molecule has 0 fully saturated rings. The number of halogens is 1. The van der Waals surface area contributed by atoms with Crippen molar-refractivity contribution in [1.29, 1.82) is 0 Å². The third-order valence-corrected chi connectivity index (χ3v) is 0.925. The van der Waals surface area contributed by atoms with E-state index in [2.05, 4.69) is 16.7 Å². The van der Waals surface area contributed by atoms with Gasteiger partial charge in [-0.2, -0.15) is 9.40 Å². The maximum Gasteiger partial charge on any atom is 0.236 e. The van der Waals surface area contributed by atoms with Crippen LogP contribution in [0.5, 0.6) is 0 Å². The second-order valence-corrected chi connectivity index (χ2v) is 1.96. The molecule has 0 spiro atoms. The van der Waals surface area contributed by atoms with E-state index in [9.17, 15) is 4.39 Å². The van der Waals surface area contributed by atoms with Gasteiger partial charge in [-0.15, -0.1) is 10.3 Å². The Kier molecular flexibility index (Phi) is 1.86. The summed E-state index contributed by atoms with van der Waals surface area (Å²) in [7, 11) is 3.47. The molecule has 1 N–H and O–H groups in total. The summed E-state index contributed by atoms with van der Waals surface area (Å²) < 4.78 is 12.3. The Morgan fingerprint density at radius 2 is 2.50 bits per heavy atom. The van der Waals surface area contributed by atoms with Crippen molar-refractivity contribution < 1.29 is 4.39 Å². The minimum Gasteiger partial charge on any atom is -0.265 e. The number of nitrogens with zero attached hydrogens (tertiary/aromatic N) is 3. The van der Waals surface area contributed by atoms with Crippen LogP contribution in [0.25, 0.3) is 0 Å². The van der Waals surface area contributed by atoms with Crippen LogP contribution in [0.15, 0.2) is 11.2 Å². The lowest BCUT2D eigenvalue weighted by molar-refractivity contribution is -0.0154. The zero-order chi connectivity index (χ0) is 7.56. The lowest BCUT2D eigenvalue weighted by Gasteiger charge is -2.25.